The van der Waals surface area contributed by atoms with E-state index in [0.717, 1.165) is 18.8 Å². The van der Waals surface area contributed by atoms with Gasteiger partial charge in [0, 0.05) is 36.2 Å². The minimum atomic E-state index is -0.364. The van der Waals surface area contributed by atoms with E-state index in [0.29, 0.717) is 16.8 Å². The molecule has 0 aromatic heterocycles. The van der Waals surface area contributed by atoms with Crippen molar-refractivity contribution in [3.63, 3.8) is 0 Å². The van der Waals surface area contributed by atoms with Gasteiger partial charge in [-0.25, -0.2) is 4.39 Å². The summed E-state index contributed by atoms with van der Waals surface area (Å²) in [6.07, 6.45) is 4.02. The van der Waals surface area contributed by atoms with Crippen LogP contribution in [-0.4, -0.2) is 19.0 Å². The van der Waals surface area contributed by atoms with Crippen molar-refractivity contribution in [2.24, 2.45) is 0 Å². The van der Waals surface area contributed by atoms with Crippen LogP contribution >= 0.6 is 0 Å². The van der Waals surface area contributed by atoms with Crippen molar-refractivity contribution in [1.29, 1.82) is 0 Å². The maximum absolute atomic E-state index is 13.3. The number of halogens is 1. The van der Waals surface area contributed by atoms with Crippen LogP contribution in [0, 0.1) is 5.82 Å². The molecule has 0 bridgehead atoms. The Morgan fingerprint density at radius 1 is 1.15 bits per heavy atom. The van der Waals surface area contributed by atoms with Crippen LogP contribution in [-0.2, 0) is 4.79 Å². The van der Waals surface area contributed by atoms with Gasteiger partial charge in [0.05, 0.1) is 11.3 Å². The number of hydrogen-bond acceptors (Lipinski definition) is 3. The van der Waals surface area contributed by atoms with Crippen LogP contribution in [0.25, 0.3) is 5.57 Å². The standard InChI is InChI=1S/C21H24FN3O/c1-3-5-12-25(4-2)17-9-7-16(8-10-17)23-14-19-18-11-6-15(22)13-20(18)24-21(19)26/h6-11,13-14,23H,3-5,12H2,1-2H3,(H,24,26). The first kappa shape index (κ1) is 18.0. The first-order valence-corrected chi connectivity index (χ1v) is 9.05. The summed E-state index contributed by atoms with van der Waals surface area (Å²) < 4.78 is 13.3. The molecule has 0 fully saturated rings. The van der Waals surface area contributed by atoms with Crippen molar-refractivity contribution >= 4 is 28.5 Å². The summed E-state index contributed by atoms with van der Waals surface area (Å²) in [5.74, 6) is -0.594. The van der Waals surface area contributed by atoms with Crippen LogP contribution in [0.5, 0.6) is 0 Å². The van der Waals surface area contributed by atoms with Gasteiger partial charge in [0.15, 0.2) is 0 Å². The van der Waals surface area contributed by atoms with Gasteiger partial charge in [-0.3, -0.25) is 4.79 Å². The fraction of sp³-hybridized carbons (Fsp3) is 0.286. The Hall–Kier alpha value is -2.82. The van der Waals surface area contributed by atoms with E-state index in [4.69, 9.17) is 0 Å². The fourth-order valence-corrected chi connectivity index (χ4v) is 3.05. The molecule has 136 valence electrons. The predicted octanol–water partition coefficient (Wildman–Crippen LogP) is 4.86. The highest BCUT2D eigenvalue weighted by Crippen LogP contribution is 2.32. The molecule has 0 atom stereocenters. The molecule has 26 heavy (non-hydrogen) atoms. The molecular weight excluding hydrogens is 329 g/mol. The lowest BCUT2D eigenvalue weighted by Gasteiger charge is -2.23. The molecule has 5 heteroatoms. The predicted molar refractivity (Wildman–Crippen MR) is 106 cm³/mol. The van der Waals surface area contributed by atoms with Gasteiger partial charge in [-0.1, -0.05) is 13.3 Å². The number of nitrogens with zero attached hydrogens (tertiary/aromatic N) is 1. The van der Waals surface area contributed by atoms with E-state index in [9.17, 15) is 9.18 Å². The Morgan fingerprint density at radius 2 is 1.92 bits per heavy atom. The third-order valence-electron chi connectivity index (χ3n) is 4.54. The van der Waals surface area contributed by atoms with E-state index in [1.54, 1.807) is 12.3 Å². The largest absolute Gasteiger partial charge is 0.372 e. The number of benzene rings is 2. The molecule has 0 radical (unpaired) electrons. The Morgan fingerprint density at radius 3 is 2.62 bits per heavy atom. The summed E-state index contributed by atoms with van der Waals surface area (Å²) in [7, 11) is 0. The normalized spacial score (nSPS) is 14.3. The minimum absolute atomic E-state index is 0.230. The molecule has 2 aromatic carbocycles. The molecule has 2 N–H and O–H groups in total. The topological polar surface area (TPSA) is 44.4 Å². The smallest absolute Gasteiger partial charge is 0.257 e. The number of carbonyl (C=O) groups excluding carboxylic acids is 1. The van der Waals surface area contributed by atoms with Gasteiger partial charge in [0.1, 0.15) is 5.82 Å². The Balaban J connectivity index is 1.72. The molecule has 0 saturated heterocycles. The monoisotopic (exact) mass is 353 g/mol. The molecule has 2 aromatic rings. The molecule has 1 heterocycles. The second kappa shape index (κ2) is 8.04. The molecular formula is C21H24FN3O. The molecule has 4 nitrogen and oxygen atoms in total. The zero-order valence-electron chi connectivity index (χ0n) is 15.2. The van der Waals surface area contributed by atoms with E-state index < -0.39 is 0 Å². The number of carbonyl (C=O) groups is 1. The quantitative estimate of drug-likeness (QED) is 0.699. The van der Waals surface area contributed by atoms with Gasteiger partial charge < -0.3 is 15.5 Å². The zero-order chi connectivity index (χ0) is 18.5. The van der Waals surface area contributed by atoms with Gasteiger partial charge in [0.25, 0.3) is 5.91 Å². The second-order valence-electron chi connectivity index (χ2n) is 6.33. The van der Waals surface area contributed by atoms with Crippen LogP contribution < -0.4 is 15.5 Å². The van der Waals surface area contributed by atoms with Crippen molar-refractivity contribution in [2.45, 2.75) is 26.7 Å². The molecule has 0 saturated carbocycles. The molecule has 1 aliphatic heterocycles. The lowest BCUT2D eigenvalue weighted by atomic mass is 10.1. The van der Waals surface area contributed by atoms with E-state index in [1.165, 1.54) is 30.7 Å². The van der Waals surface area contributed by atoms with Gasteiger partial charge >= 0.3 is 0 Å². The highest BCUT2D eigenvalue weighted by atomic mass is 19.1. The lowest BCUT2D eigenvalue weighted by Crippen LogP contribution is -2.23. The summed E-state index contributed by atoms with van der Waals surface area (Å²) in [5.41, 5.74) is 3.81. The SMILES string of the molecule is CCCCN(CC)c1ccc(NC=C2C(=O)Nc3cc(F)ccc32)cc1. The van der Waals surface area contributed by atoms with Crippen molar-refractivity contribution in [3.8, 4) is 0 Å². The fourth-order valence-electron chi connectivity index (χ4n) is 3.05. The highest BCUT2D eigenvalue weighted by molar-refractivity contribution is 6.31. The maximum Gasteiger partial charge on any atom is 0.257 e. The molecule has 1 aliphatic rings. The van der Waals surface area contributed by atoms with Gasteiger partial charge in [-0.05, 0) is 55.8 Å². The second-order valence-corrected chi connectivity index (χ2v) is 6.33. The van der Waals surface area contributed by atoms with Gasteiger partial charge in [-0.15, -0.1) is 0 Å². The van der Waals surface area contributed by atoms with Gasteiger partial charge in [-0.2, -0.15) is 0 Å². The average Bonchev–Trinajstić information content (AvgIpc) is 2.95. The summed E-state index contributed by atoms with van der Waals surface area (Å²) in [5, 5.41) is 5.85. The van der Waals surface area contributed by atoms with E-state index in [2.05, 4.69) is 41.5 Å². The maximum atomic E-state index is 13.3. The van der Waals surface area contributed by atoms with Crippen molar-refractivity contribution in [1.82, 2.24) is 0 Å². The molecule has 3 rings (SSSR count). The Kier molecular flexibility index (Phi) is 5.56. The lowest BCUT2D eigenvalue weighted by molar-refractivity contribution is -0.110. The van der Waals surface area contributed by atoms with Crippen LogP contribution in [0.1, 0.15) is 32.3 Å². The molecule has 0 unspecified atom stereocenters. The molecule has 0 spiro atoms. The van der Waals surface area contributed by atoms with Crippen molar-refractivity contribution in [3.05, 3.63) is 60.0 Å². The number of anilines is 3. The first-order chi connectivity index (χ1) is 12.6. The average molecular weight is 353 g/mol. The van der Waals surface area contributed by atoms with Crippen LogP contribution in [0.2, 0.25) is 0 Å². The van der Waals surface area contributed by atoms with Crippen LogP contribution in [0.4, 0.5) is 21.5 Å². The Labute approximate surface area is 153 Å². The van der Waals surface area contributed by atoms with E-state index >= 15 is 0 Å². The molecule has 0 aliphatic carbocycles. The van der Waals surface area contributed by atoms with Crippen LogP contribution in [0.15, 0.2) is 48.7 Å². The molecule has 1 amide bonds. The summed E-state index contributed by atoms with van der Waals surface area (Å²) >= 11 is 0. The highest BCUT2D eigenvalue weighted by Gasteiger charge is 2.24. The van der Waals surface area contributed by atoms with Crippen LogP contribution in [0.3, 0.4) is 0 Å². The number of fused-ring (bicyclic) bond motifs is 1. The summed E-state index contributed by atoms with van der Waals surface area (Å²) in [4.78, 5) is 14.4. The number of hydrogen-bond donors (Lipinski definition) is 2. The Bertz CT molecular complexity index is 815. The summed E-state index contributed by atoms with van der Waals surface area (Å²) in [6, 6.07) is 12.5. The minimum Gasteiger partial charge on any atom is -0.372 e. The number of unbranched alkanes of at least 4 members (excludes halogenated alkanes) is 1. The number of amides is 1. The zero-order valence-corrected chi connectivity index (χ0v) is 15.2. The van der Waals surface area contributed by atoms with Crippen molar-refractivity contribution in [2.75, 3.05) is 28.6 Å². The summed E-state index contributed by atoms with van der Waals surface area (Å²) in [6.45, 7) is 6.38. The number of nitrogens with one attached hydrogen (secondary N) is 2. The first-order valence-electron chi connectivity index (χ1n) is 9.05. The van der Waals surface area contributed by atoms with E-state index in [-0.39, 0.29) is 11.7 Å². The van der Waals surface area contributed by atoms with E-state index in [1.807, 2.05) is 12.1 Å². The van der Waals surface area contributed by atoms with Gasteiger partial charge in [0.2, 0.25) is 0 Å². The third kappa shape index (κ3) is 3.87. The number of rotatable bonds is 7. The third-order valence-corrected chi connectivity index (χ3v) is 4.54. The van der Waals surface area contributed by atoms with Crippen molar-refractivity contribution < 1.29 is 9.18 Å².